The molecule has 0 fully saturated rings. The first-order valence-electron chi connectivity index (χ1n) is 6.46. The lowest BCUT2D eigenvalue weighted by Gasteiger charge is -2.10. The molecule has 0 saturated heterocycles. The van der Waals surface area contributed by atoms with Gasteiger partial charge < -0.3 is 11.1 Å². The molecule has 1 heterocycles. The van der Waals surface area contributed by atoms with Gasteiger partial charge in [-0.1, -0.05) is 18.2 Å². The van der Waals surface area contributed by atoms with Crippen LogP contribution in [0, 0.1) is 5.82 Å². The van der Waals surface area contributed by atoms with Crippen LogP contribution in [0.4, 0.5) is 15.8 Å². The number of nitrogens with one attached hydrogen (secondary N) is 1. The smallest absolute Gasteiger partial charge is 0.150 e. The van der Waals surface area contributed by atoms with Crippen molar-refractivity contribution in [1.29, 1.82) is 0 Å². The van der Waals surface area contributed by atoms with Gasteiger partial charge in [0.15, 0.2) is 5.82 Å². The molecule has 0 spiro atoms. The largest absolute Gasteiger partial charge is 0.398 e. The van der Waals surface area contributed by atoms with Gasteiger partial charge in [0.1, 0.15) is 18.3 Å². The highest BCUT2D eigenvalue weighted by Gasteiger charge is 2.06. The van der Waals surface area contributed by atoms with Gasteiger partial charge in [0.25, 0.3) is 0 Å². The van der Waals surface area contributed by atoms with E-state index in [1.54, 1.807) is 12.1 Å². The van der Waals surface area contributed by atoms with Crippen molar-refractivity contribution in [2.24, 2.45) is 0 Å². The quantitative estimate of drug-likeness (QED) is 0.722. The lowest BCUT2D eigenvalue weighted by molar-refractivity contribution is 0.611. The third kappa shape index (κ3) is 2.84. The molecule has 21 heavy (non-hydrogen) atoms. The summed E-state index contributed by atoms with van der Waals surface area (Å²) in [4.78, 5) is 3.80. The molecule has 6 heteroatoms. The van der Waals surface area contributed by atoms with Crippen molar-refractivity contribution in [3.8, 4) is 5.69 Å². The van der Waals surface area contributed by atoms with Crippen molar-refractivity contribution in [2.75, 3.05) is 11.1 Å². The van der Waals surface area contributed by atoms with E-state index in [1.807, 2.05) is 24.3 Å². The van der Waals surface area contributed by atoms with Gasteiger partial charge in [-0.15, -0.1) is 0 Å². The van der Waals surface area contributed by atoms with Crippen molar-refractivity contribution in [3.05, 3.63) is 66.5 Å². The molecule has 0 saturated carbocycles. The molecule has 106 valence electrons. The molecule has 5 nitrogen and oxygen atoms in total. The zero-order valence-corrected chi connectivity index (χ0v) is 11.2. The minimum absolute atomic E-state index is 0.359. The Bertz CT molecular complexity index is 740. The van der Waals surface area contributed by atoms with E-state index >= 15 is 0 Å². The SMILES string of the molecule is Nc1ccccc1CNc1ccc(-n2cncn2)c(F)c1. The van der Waals surface area contributed by atoms with Crippen LogP contribution in [0.3, 0.4) is 0 Å². The fourth-order valence-corrected chi connectivity index (χ4v) is 2.03. The number of nitrogen functional groups attached to an aromatic ring is 1. The van der Waals surface area contributed by atoms with Gasteiger partial charge in [0.05, 0.1) is 0 Å². The monoisotopic (exact) mass is 283 g/mol. The fraction of sp³-hybridized carbons (Fsp3) is 0.0667. The second kappa shape index (κ2) is 5.62. The first-order valence-corrected chi connectivity index (χ1v) is 6.46. The Balaban J connectivity index is 1.76. The van der Waals surface area contributed by atoms with E-state index in [4.69, 9.17) is 5.73 Å². The average molecular weight is 283 g/mol. The Morgan fingerprint density at radius 1 is 1.19 bits per heavy atom. The summed E-state index contributed by atoms with van der Waals surface area (Å²) in [5.41, 5.74) is 8.59. The second-order valence-corrected chi connectivity index (χ2v) is 4.56. The zero-order chi connectivity index (χ0) is 14.7. The van der Waals surface area contributed by atoms with Crippen LogP contribution in [-0.2, 0) is 6.54 Å². The lowest BCUT2D eigenvalue weighted by Crippen LogP contribution is -2.04. The van der Waals surface area contributed by atoms with Gasteiger partial charge in [-0.2, -0.15) is 5.10 Å². The minimum Gasteiger partial charge on any atom is -0.398 e. The Morgan fingerprint density at radius 2 is 2.05 bits per heavy atom. The van der Waals surface area contributed by atoms with Crippen molar-refractivity contribution >= 4 is 11.4 Å². The maximum Gasteiger partial charge on any atom is 0.150 e. The molecule has 1 aromatic heterocycles. The second-order valence-electron chi connectivity index (χ2n) is 4.56. The predicted octanol–water partition coefficient (Wildman–Crippen LogP) is 2.60. The fourth-order valence-electron chi connectivity index (χ4n) is 2.03. The Kier molecular flexibility index (Phi) is 3.51. The molecule has 0 aliphatic heterocycles. The number of anilines is 2. The number of halogens is 1. The number of hydrogen-bond donors (Lipinski definition) is 2. The number of nitrogens with zero attached hydrogens (tertiary/aromatic N) is 3. The van der Waals surface area contributed by atoms with Crippen LogP contribution in [0.15, 0.2) is 55.1 Å². The Labute approximate surface area is 121 Å². The van der Waals surface area contributed by atoms with Crippen LogP contribution in [-0.4, -0.2) is 14.8 Å². The van der Waals surface area contributed by atoms with Gasteiger partial charge in [-0.3, -0.25) is 0 Å². The highest BCUT2D eigenvalue weighted by molar-refractivity contribution is 5.52. The van der Waals surface area contributed by atoms with Crippen LogP contribution in [0.5, 0.6) is 0 Å². The Hall–Kier alpha value is -2.89. The maximum absolute atomic E-state index is 14.1. The summed E-state index contributed by atoms with van der Waals surface area (Å²) in [5.74, 6) is -0.369. The molecule has 0 bridgehead atoms. The third-order valence-corrected chi connectivity index (χ3v) is 3.15. The number of rotatable bonds is 4. The van der Waals surface area contributed by atoms with E-state index in [0.29, 0.717) is 23.6 Å². The molecule has 3 aromatic rings. The standard InChI is InChI=1S/C15H14FN5/c16-13-7-12(5-6-15(13)21-10-18-9-20-21)19-8-11-3-1-2-4-14(11)17/h1-7,9-10,19H,8,17H2. The van der Waals surface area contributed by atoms with Crippen molar-refractivity contribution in [1.82, 2.24) is 14.8 Å². The lowest BCUT2D eigenvalue weighted by atomic mass is 10.2. The van der Waals surface area contributed by atoms with Crippen LogP contribution in [0.25, 0.3) is 5.69 Å². The number of benzene rings is 2. The van der Waals surface area contributed by atoms with E-state index in [0.717, 1.165) is 5.56 Å². The molecule has 0 aliphatic rings. The van der Waals surface area contributed by atoms with Gasteiger partial charge in [0.2, 0.25) is 0 Å². The van der Waals surface area contributed by atoms with Crippen molar-refractivity contribution < 1.29 is 4.39 Å². The van der Waals surface area contributed by atoms with Crippen LogP contribution in [0.1, 0.15) is 5.56 Å². The van der Waals surface area contributed by atoms with E-state index in [9.17, 15) is 4.39 Å². The molecule has 0 radical (unpaired) electrons. The number of aromatic nitrogens is 3. The summed E-state index contributed by atoms with van der Waals surface area (Å²) >= 11 is 0. The molecule has 0 atom stereocenters. The molecule has 0 aliphatic carbocycles. The molecule has 0 unspecified atom stereocenters. The highest BCUT2D eigenvalue weighted by Crippen LogP contribution is 2.19. The maximum atomic E-state index is 14.1. The molecule has 2 aromatic carbocycles. The van der Waals surface area contributed by atoms with Crippen molar-refractivity contribution in [3.63, 3.8) is 0 Å². The summed E-state index contributed by atoms with van der Waals surface area (Å²) < 4.78 is 15.4. The van der Waals surface area contributed by atoms with E-state index in [1.165, 1.54) is 23.4 Å². The third-order valence-electron chi connectivity index (χ3n) is 3.15. The van der Waals surface area contributed by atoms with Crippen LogP contribution >= 0.6 is 0 Å². The molecule has 3 N–H and O–H groups in total. The first kappa shape index (κ1) is 13.1. The summed E-state index contributed by atoms with van der Waals surface area (Å²) in [6.45, 7) is 0.536. The predicted molar refractivity (Wildman–Crippen MR) is 79.5 cm³/mol. The zero-order valence-electron chi connectivity index (χ0n) is 11.2. The normalized spacial score (nSPS) is 10.5. The van der Waals surface area contributed by atoms with Gasteiger partial charge in [-0.05, 0) is 29.8 Å². The van der Waals surface area contributed by atoms with Crippen molar-refractivity contribution in [2.45, 2.75) is 6.54 Å². The molecular formula is C15H14FN5. The van der Waals surface area contributed by atoms with Gasteiger partial charge >= 0.3 is 0 Å². The van der Waals surface area contributed by atoms with E-state index in [2.05, 4.69) is 15.4 Å². The average Bonchev–Trinajstić information content (AvgIpc) is 3.00. The number of nitrogens with two attached hydrogens (primary N) is 1. The first-order chi connectivity index (χ1) is 10.2. The Morgan fingerprint density at radius 3 is 2.76 bits per heavy atom. The number of hydrogen-bond acceptors (Lipinski definition) is 4. The molecule has 0 amide bonds. The summed E-state index contributed by atoms with van der Waals surface area (Å²) in [6, 6.07) is 12.4. The molecular weight excluding hydrogens is 269 g/mol. The van der Waals surface area contributed by atoms with Crippen LogP contribution < -0.4 is 11.1 Å². The highest BCUT2D eigenvalue weighted by atomic mass is 19.1. The van der Waals surface area contributed by atoms with Crippen LogP contribution in [0.2, 0.25) is 0 Å². The van der Waals surface area contributed by atoms with E-state index < -0.39 is 0 Å². The summed E-state index contributed by atoms with van der Waals surface area (Å²) in [7, 11) is 0. The topological polar surface area (TPSA) is 68.8 Å². The molecule has 3 rings (SSSR count). The number of para-hydroxylation sites is 1. The minimum atomic E-state index is -0.369. The van der Waals surface area contributed by atoms with E-state index in [-0.39, 0.29) is 5.82 Å². The van der Waals surface area contributed by atoms with Gasteiger partial charge in [-0.25, -0.2) is 14.1 Å². The van der Waals surface area contributed by atoms with Gasteiger partial charge in [0, 0.05) is 17.9 Å². The summed E-state index contributed by atoms with van der Waals surface area (Å²) in [5, 5.41) is 7.06. The summed E-state index contributed by atoms with van der Waals surface area (Å²) in [6.07, 6.45) is 2.82.